The summed E-state index contributed by atoms with van der Waals surface area (Å²) >= 11 is 0. The number of carbonyl (C=O) groups is 1. The first-order chi connectivity index (χ1) is 9.58. The van der Waals surface area contributed by atoms with Crippen LogP contribution in [0, 0.1) is 12.7 Å². The van der Waals surface area contributed by atoms with E-state index in [1.165, 1.54) is 12.1 Å². The predicted molar refractivity (Wildman–Crippen MR) is 78.1 cm³/mol. The van der Waals surface area contributed by atoms with Crippen LogP contribution in [0.4, 0.5) is 4.39 Å². The lowest BCUT2D eigenvalue weighted by Gasteiger charge is -2.12. The molecule has 2 N–H and O–H groups in total. The number of Topliss-reactive ketones (excluding diaryl/α,β-unsaturated/α-hetero) is 1. The molecule has 2 rings (SSSR count). The molecule has 0 radical (unpaired) electrons. The van der Waals surface area contributed by atoms with Crippen molar-refractivity contribution in [1.82, 2.24) is 0 Å². The molecule has 3 heteroatoms. The van der Waals surface area contributed by atoms with Crippen LogP contribution in [0.5, 0.6) is 0 Å². The van der Waals surface area contributed by atoms with Crippen molar-refractivity contribution in [3.05, 3.63) is 71.0 Å². The topological polar surface area (TPSA) is 43.1 Å². The second kappa shape index (κ2) is 6.44. The monoisotopic (exact) mass is 271 g/mol. The van der Waals surface area contributed by atoms with Gasteiger partial charge in [0.1, 0.15) is 5.82 Å². The number of benzene rings is 2. The fraction of sp³-hybridized carbons (Fsp3) is 0.235. The van der Waals surface area contributed by atoms with Crippen LogP contribution >= 0.6 is 0 Å². The number of hydrogen-bond donors (Lipinski definition) is 1. The molecule has 0 heterocycles. The molecule has 2 nitrogen and oxygen atoms in total. The fourth-order valence-electron chi connectivity index (χ4n) is 2.23. The van der Waals surface area contributed by atoms with Gasteiger partial charge < -0.3 is 5.73 Å². The molecule has 1 atom stereocenters. The van der Waals surface area contributed by atoms with Gasteiger partial charge in [0.2, 0.25) is 0 Å². The summed E-state index contributed by atoms with van der Waals surface area (Å²) in [6.07, 6.45) is 0.947. The van der Waals surface area contributed by atoms with Gasteiger partial charge in [0.15, 0.2) is 5.78 Å². The first kappa shape index (κ1) is 14.4. The Kier molecular flexibility index (Phi) is 4.64. The minimum atomic E-state index is -0.319. The summed E-state index contributed by atoms with van der Waals surface area (Å²) in [6, 6.07) is 13.8. The van der Waals surface area contributed by atoms with Gasteiger partial charge in [-0.05, 0) is 42.7 Å². The van der Waals surface area contributed by atoms with E-state index in [4.69, 9.17) is 5.73 Å². The first-order valence-corrected chi connectivity index (χ1v) is 6.68. The number of hydrogen-bond acceptors (Lipinski definition) is 2. The van der Waals surface area contributed by atoms with Crippen molar-refractivity contribution >= 4 is 5.78 Å². The highest BCUT2D eigenvalue weighted by atomic mass is 19.1. The molecule has 0 aliphatic heterocycles. The van der Waals surface area contributed by atoms with Crippen LogP contribution in [-0.4, -0.2) is 5.78 Å². The largest absolute Gasteiger partial charge is 0.324 e. The number of nitrogens with two attached hydrogens (primary N) is 1. The van der Waals surface area contributed by atoms with Gasteiger partial charge in [-0.1, -0.05) is 30.3 Å². The minimum Gasteiger partial charge on any atom is -0.324 e. The van der Waals surface area contributed by atoms with Gasteiger partial charge in [-0.2, -0.15) is 0 Å². The number of rotatable bonds is 5. The van der Waals surface area contributed by atoms with Gasteiger partial charge >= 0.3 is 0 Å². The average Bonchev–Trinajstić information content (AvgIpc) is 2.45. The van der Waals surface area contributed by atoms with E-state index in [2.05, 4.69) is 0 Å². The smallest absolute Gasteiger partial charge is 0.163 e. The van der Waals surface area contributed by atoms with E-state index in [9.17, 15) is 9.18 Å². The maximum Gasteiger partial charge on any atom is 0.163 e. The molecule has 1 unspecified atom stereocenters. The molecule has 0 aliphatic carbocycles. The van der Waals surface area contributed by atoms with E-state index in [-0.39, 0.29) is 17.6 Å². The average molecular weight is 271 g/mol. The van der Waals surface area contributed by atoms with E-state index in [0.717, 1.165) is 5.56 Å². The Morgan fingerprint density at radius 1 is 1.20 bits per heavy atom. The highest BCUT2D eigenvalue weighted by Gasteiger charge is 2.12. The van der Waals surface area contributed by atoms with Gasteiger partial charge in [-0.25, -0.2) is 4.39 Å². The normalized spacial score (nSPS) is 12.2. The van der Waals surface area contributed by atoms with Gasteiger partial charge in [0, 0.05) is 18.0 Å². The molecular formula is C17H18FNO. The number of ketones is 1. The van der Waals surface area contributed by atoms with Crippen molar-refractivity contribution in [2.75, 3.05) is 0 Å². The van der Waals surface area contributed by atoms with E-state index >= 15 is 0 Å². The lowest BCUT2D eigenvalue weighted by atomic mass is 9.97. The number of aryl methyl sites for hydroxylation is 1. The predicted octanol–water partition coefficient (Wildman–Crippen LogP) is 3.80. The van der Waals surface area contributed by atoms with Crippen LogP contribution in [0.1, 0.15) is 40.4 Å². The molecule has 0 saturated carbocycles. The second-order valence-electron chi connectivity index (χ2n) is 4.94. The Morgan fingerprint density at radius 3 is 2.55 bits per heavy atom. The van der Waals surface area contributed by atoms with Crippen molar-refractivity contribution in [2.24, 2.45) is 5.73 Å². The lowest BCUT2D eigenvalue weighted by molar-refractivity contribution is 0.0977. The van der Waals surface area contributed by atoms with Crippen LogP contribution in [0.25, 0.3) is 0 Å². The molecule has 0 spiro atoms. The summed E-state index contributed by atoms with van der Waals surface area (Å²) in [4.78, 5) is 12.1. The summed E-state index contributed by atoms with van der Waals surface area (Å²) in [5.41, 5.74) is 8.34. The Hall–Kier alpha value is -2.00. The summed E-state index contributed by atoms with van der Waals surface area (Å²) in [6.45, 7) is 1.74. The van der Waals surface area contributed by atoms with Crippen LogP contribution < -0.4 is 5.73 Å². The SMILES string of the molecule is Cc1cc(F)ccc1C(=O)CCC(N)c1ccccc1. The molecule has 0 saturated heterocycles. The Balaban J connectivity index is 1.99. The number of carbonyl (C=O) groups excluding carboxylic acids is 1. The van der Waals surface area contributed by atoms with Crippen molar-refractivity contribution in [2.45, 2.75) is 25.8 Å². The van der Waals surface area contributed by atoms with Crippen molar-refractivity contribution < 1.29 is 9.18 Å². The summed E-state index contributed by atoms with van der Waals surface area (Å²) < 4.78 is 13.0. The molecule has 0 aliphatic rings. The van der Waals surface area contributed by atoms with Crippen molar-refractivity contribution in [3.63, 3.8) is 0 Å². The standard InChI is InChI=1S/C17H18FNO/c1-12-11-14(18)7-8-15(12)17(20)10-9-16(19)13-5-3-2-4-6-13/h2-8,11,16H,9-10,19H2,1H3. The molecule has 2 aromatic carbocycles. The van der Waals surface area contributed by atoms with Gasteiger partial charge in [0.05, 0.1) is 0 Å². The number of halogens is 1. The highest BCUT2D eigenvalue weighted by Crippen LogP contribution is 2.19. The Bertz CT molecular complexity index is 595. The van der Waals surface area contributed by atoms with Crippen LogP contribution in [0.15, 0.2) is 48.5 Å². The lowest BCUT2D eigenvalue weighted by Crippen LogP contribution is -2.13. The third-order valence-corrected chi connectivity index (χ3v) is 3.40. The third-order valence-electron chi connectivity index (χ3n) is 3.40. The second-order valence-corrected chi connectivity index (χ2v) is 4.94. The van der Waals surface area contributed by atoms with E-state index in [1.54, 1.807) is 13.0 Å². The summed E-state index contributed by atoms with van der Waals surface area (Å²) in [7, 11) is 0. The molecule has 0 bridgehead atoms. The van der Waals surface area contributed by atoms with E-state index in [1.807, 2.05) is 30.3 Å². The highest BCUT2D eigenvalue weighted by molar-refractivity contribution is 5.97. The maximum atomic E-state index is 13.0. The first-order valence-electron chi connectivity index (χ1n) is 6.68. The zero-order valence-corrected chi connectivity index (χ0v) is 11.5. The Morgan fingerprint density at radius 2 is 1.90 bits per heavy atom. The molecular weight excluding hydrogens is 253 g/mol. The summed E-state index contributed by atoms with van der Waals surface area (Å²) in [5.74, 6) is -0.311. The molecule has 0 amide bonds. The van der Waals surface area contributed by atoms with Crippen LogP contribution in [-0.2, 0) is 0 Å². The van der Waals surface area contributed by atoms with Gasteiger partial charge in [0.25, 0.3) is 0 Å². The van der Waals surface area contributed by atoms with Crippen molar-refractivity contribution in [3.8, 4) is 0 Å². The zero-order valence-electron chi connectivity index (χ0n) is 11.5. The molecule has 104 valence electrons. The van der Waals surface area contributed by atoms with E-state index < -0.39 is 0 Å². The zero-order chi connectivity index (χ0) is 14.5. The van der Waals surface area contributed by atoms with Gasteiger partial charge in [-0.15, -0.1) is 0 Å². The molecule has 0 fully saturated rings. The minimum absolute atomic E-state index is 0.00822. The van der Waals surface area contributed by atoms with E-state index in [0.29, 0.717) is 24.0 Å². The fourth-order valence-corrected chi connectivity index (χ4v) is 2.23. The molecule has 20 heavy (non-hydrogen) atoms. The molecule has 0 aromatic heterocycles. The quantitative estimate of drug-likeness (QED) is 0.841. The van der Waals surface area contributed by atoms with Gasteiger partial charge in [-0.3, -0.25) is 4.79 Å². The van der Waals surface area contributed by atoms with Crippen LogP contribution in [0.3, 0.4) is 0 Å². The molecule has 2 aromatic rings. The Labute approximate surface area is 118 Å². The van der Waals surface area contributed by atoms with Crippen LogP contribution in [0.2, 0.25) is 0 Å². The summed E-state index contributed by atoms with van der Waals surface area (Å²) in [5, 5.41) is 0. The third kappa shape index (κ3) is 3.52. The van der Waals surface area contributed by atoms with Crippen molar-refractivity contribution in [1.29, 1.82) is 0 Å². The maximum absolute atomic E-state index is 13.0.